The standard InChI is InChI=1S/C17H24N4O2/c1-2-20-15-8-4-3-7-14(15)19-16(20)9-10-18-17(23)21-11-5-6-13(21)12-22/h3-4,7-8,13,22H,2,5-6,9-12H2,1H3,(H,18,23). The molecule has 1 atom stereocenters. The topological polar surface area (TPSA) is 70.4 Å². The predicted molar refractivity (Wildman–Crippen MR) is 89.3 cm³/mol. The van der Waals surface area contributed by atoms with E-state index < -0.39 is 0 Å². The fraction of sp³-hybridized carbons (Fsp3) is 0.529. The predicted octanol–water partition coefficient (Wildman–Crippen LogP) is 1.76. The number of likely N-dealkylation sites (tertiary alicyclic amines) is 1. The average molecular weight is 316 g/mol. The maximum atomic E-state index is 12.2. The van der Waals surface area contributed by atoms with Crippen molar-refractivity contribution < 1.29 is 9.90 Å². The summed E-state index contributed by atoms with van der Waals surface area (Å²) in [5.41, 5.74) is 2.13. The summed E-state index contributed by atoms with van der Waals surface area (Å²) in [6.07, 6.45) is 2.55. The van der Waals surface area contributed by atoms with Crippen molar-refractivity contribution in [1.82, 2.24) is 19.8 Å². The number of imidazole rings is 1. The van der Waals surface area contributed by atoms with E-state index in [0.29, 0.717) is 13.0 Å². The number of para-hydroxylation sites is 2. The third-order valence-electron chi connectivity index (χ3n) is 4.52. The van der Waals surface area contributed by atoms with Crippen molar-refractivity contribution in [2.45, 2.75) is 38.8 Å². The van der Waals surface area contributed by atoms with E-state index in [2.05, 4.69) is 27.9 Å². The molecule has 0 radical (unpaired) electrons. The Balaban J connectivity index is 1.61. The smallest absolute Gasteiger partial charge is 0.317 e. The summed E-state index contributed by atoms with van der Waals surface area (Å²) in [5, 5.41) is 12.3. The largest absolute Gasteiger partial charge is 0.394 e. The number of carbonyl (C=O) groups excluding carboxylic acids is 1. The second-order valence-corrected chi connectivity index (χ2v) is 5.91. The van der Waals surface area contributed by atoms with Gasteiger partial charge in [0.2, 0.25) is 0 Å². The summed E-state index contributed by atoms with van der Waals surface area (Å²) in [7, 11) is 0. The SMILES string of the molecule is CCn1c(CCNC(=O)N2CCCC2CO)nc2ccccc21. The molecule has 0 aliphatic carbocycles. The highest BCUT2D eigenvalue weighted by atomic mass is 16.3. The minimum Gasteiger partial charge on any atom is -0.394 e. The highest BCUT2D eigenvalue weighted by Crippen LogP contribution is 2.17. The monoisotopic (exact) mass is 316 g/mol. The van der Waals surface area contributed by atoms with Gasteiger partial charge in [-0.15, -0.1) is 0 Å². The highest BCUT2D eigenvalue weighted by molar-refractivity contribution is 5.76. The fourth-order valence-corrected chi connectivity index (χ4v) is 3.34. The van der Waals surface area contributed by atoms with Crippen LogP contribution in [0.2, 0.25) is 0 Å². The van der Waals surface area contributed by atoms with Crippen LogP contribution >= 0.6 is 0 Å². The number of urea groups is 1. The number of rotatable bonds is 5. The van der Waals surface area contributed by atoms with Gasteiger partial charge in [-0.1, -0.05) is 12.1 Å². The van der Waals surface area contributed by atoms with Gasteiger partial charge in [0.05, 0.1) is 23.7 Å². The van der Waals surface area contributed by atoms with E-state index in [9.17, 15) is 9.90 Å². The maximum absolute atomic E-state index is 12.2. The van der Waals surface area contributed by atoms with Crippen molar-refractivity contribution >= 4 is 17.1 Å². The third-order valence-corrected chi connectivity index (χ3v) is 4.52. The van der Waals surface area contributed by atoms with Gasteiger partial charge >= 0.3 is 6.03 Å². The number of nitrogens with zero attached hydrogens (tertiary/aromatic N) is 3. The molecule has 0 saturated carbocycles. The van der Waals surface area contributed by atoms with Gasteiger partial charge in [-0.05, 0) is 31.9 Å². The Bertz CT molecular complexity index is 682. The van der Waals surface area contributed by atoms with E-state index in [4.69, 9.17) is 0 Å². The molecule has 1 aliphatic heterocycles. The molecule has 2 heterocycles. The summed E-state index contributed by atoms with van der Waals surface area (Å²) in [5.74, 6) is 0.995. The van der Waals surface area contributed by atoms with Crippen molar-refractivity contribution in [3.63, 3.8) is 0 Å². The van der Waals surface area contributed by atoms with E-state index in [0.717, 1.165) is 42.8 Å². The molecule has 0 bridgehead atoms. The molecule has 1 unspecified atom stereocenters. The molecule has 3 rings (SSSR count). The first-order valence-corrected chi connectivity index (χ1v) is 8.34. The number of aliphatic hydroxyl groups is 1. The van der Waals surface area contributed by atoms with Gasteiger partial charge in [-0.2, -0.15) is 0 Å². The number of amides is 2. The second kappa shape index (κ2) is 7.00. The lowest BCUT2D eigenvalue weighted by molar-refractivity contribution is 0.157. The molecule has 1 aromatic heterocycles. The van der Waals surface area contributed by atoms with Crippen molar-refractivity contribution in [3.05, 3.63) is 30.1 Å². The van der Waals surface area contributed by atoms with Crippen LogP contribution in [0.3, 0.4) is 0 Å². The maximum Gasteiger partial charge on any atom is 0.317 e. The van der Waals surface area contributed by atoms with Gasteiger partial charge in [-0.25, -0.2) is 9.78 Å². The second-order valence-electron chi connectivity index (χ2n) is 5.91. The molecular weight excluding hydrogens is 292 g/mol. The third kappa shape index (κ3) is 3.17. The number of aliphatic hydroxyl groups excluding tert-OH is 1. The molecule has 0 spiro atoms. The first kappa shape index (κ1) is 15.8. The van der Waals surface area contributed by atoms with Gasteiger partial charge in [0.1, 0.15) is 5.82 Å². The van der Waals surface area contributed by atoms with Gasteiger partial charge in [0.15, 0.2) is 0 Å². The Morgan fingerprint density at radius 2 is 2.26 bits per heavy atom. The zero-order valence-electron chi connectivity index (χ0n) is 13.5. The fourth-order valence-electron chi connectivity index (χ4n) is 3.34. The van der Waals surface area contributed by atoms with Crippen molar-refractivity contribution in [3.8, 4) is 0 Å². The van der Waals surface area contributed by atoms with Crippen LogP contribution in [-0.2, 0) is 13.0 Å². The quantitative estimate of drug-likeness (QED) is 0.883. The molecule has 1 saturated heterocycles. The van der Waals surface area contributed by atoms with Crippen LogP contribution in [-0.4, -0.2) is 51.3 Å². The molecule has 6 nitrogen and oxygen atoms in total. The number of fused-ring (bicyclic) bond motifs is 1. The highest BCUT2D eigenvalue weighted by Gasteiger charge is 2.27. The Morgan fingerprint density at radius 1 is 1.43 bits per heavy atom. The summed E-state index contributed by atoms with van der Waals surface area (Å²) >= 11 is 0. The van der Waals surface area contributed by atoms with Crippen LogP contribution < -0.4 is 5.32 Å². The van der Waals surface area contributed by atoms with Gasteiger partial charge in [-0.3, -0.25) is 0 Å². The summed E-state index contributed by atoms with van der Waals surface area (Å²) in [4.78, 5) is 18.6. The summed E-state index contributed by atoms with van der Waals surface area (Å²) in [6, 6.07) is 7.98. The molecule has 1 aliphatic rings. The Labute approximate surface area is 136 Å². The Hall–Kier alpha value is -2.08. The molecular formula is C17H24N4O2. The molecule has 23 heavy (non-hydrogen) atoms. The molecule has 2 amide bonds. The first-order valence-electron chi connectivity index (χ1n) is 8.34. The lowest BCUT2D eigenvalue weighted by Crippen LogP contribution is -2.44. The number of aryl methyl sites for hydroxylation is 1. The lowest BCUT2D eigenvalue weighted by Gasteiger charge is -2.23. The Morgan fingerprint density at radius 3 is 3.04 bits per heavy atom. The normalized spacial score (nSPS) is 17.8. The molecule has 6 heteroatoms. The van der Waals surface area contributed by atoms with Crippen LogP contribution in [0.4, 0.5) is 4.79 Å². The first-order chi connectivity index (χ1) is 11.2. The number of nitrogens with one attached hydrogen (secondary N) is 1. The lowest BCUT2D eigenvalue weighted by atomic mass is 10.2. The van der Waals surface area contributed by atoms with Crippen molar-refractivity contribution in [2.75, 3.05) is 19.7 Å². The van der Waals surface area contributed by atoms with E-state index in [1.165, 1.54) is 0 Å². The molecule has 124 valence electrons. The number of hydrogen-bond acceptors (Lipinski definition) is 3. The van der Waals surface area contributed by atoms with Gasteiger partial charge in [0, 0.05) is 26.1 Å². The zero-order chi connectivity index (χ0) is 16.2. The molecule has 2 N–H and O–H groups in total. The van der Waals surface area contributed by atoms with Crippen LogP contribution in [0.15, 0.2) is 24.3 Å². The molecule has 1 fully saturated rings. The van der Waals surface area contributed by atoms with Gasteiger partial charge in [0.25, 0.3) is 0 Å². The average Bonchev–Trinajstić information content (AvgIpc) is 3.18. The van der Waals surface area contributed by atoms with Gasteiger partial charge < -0.3 is 19.9 Å². The number of carbonyl (C=O) groups is 1. The van der Waals surface area contributed by atoms with Crippen LogP contribution in [0.1, 0.15) is 25.6 Å². The zero-order valence-corrected chi connectivity index (χ0v) is 13.5. The number of benzene rings is 1. The van der Waals surface area contributed by atoms with Crippen LogP contribution in [0.5, 0.6) is 0 Å². The number of hydrogen-bond donors (Lipinski definition) is 2. The molecule has 1 aromatic carbocycles. The summed E-state index contributed by atoms with van der Waals surface area (Å²) < 4.78 is 2.19. The number of aromatic nitrogens is 2. The van der Waals surface area contributed by atoms with Crippen molar-refractivity contribution in [2.24, 2.45) is 0 Å². The van der Waals surface area contributed by atoms with Crippen LogP contribution in [0, 0.1) is 0 Å². The van der Waals surface area contributed by atoms with Crippen molar-refractivity contribution in [1.29, 1.82) is 0 Å². The van der Waals surface area contributed by atoms with Crippen LogP contribution in [0.25, 0.3) is 11.0 Å². The van der Waals surface area contributed by atoms with E-state index in [-0.39, 0.29) is 18.7 Å². The Kier molecular flexibility index (Phi) is 4.81. The minimum atomic E-state index is -0.0827. The van der Waals surface area contributed by atoms with E-state index >= 15 is 0 Å². The molecule has 2 aromatic rings. The van der Waals surface area contributed by atoms with E-state index in [1.54, 1.807) is 4.90 Å². The van der Waals surface area contributed by atoms with E-state index in [1.807, 2.05) is 18.2 Å². The summed E-state index contributed by atoms with van der Waals surface area (Å²) in [6.45, 7) is 4.29. The minimum absolute atomic E-state index is 0.0322.